The fraction of sp³-hybridized carbons (Fsp3) is 0.407. The number of carbonyl (C=O) groups is 1. The lowest BCUT2D eigenvalue weighted by Gasteiger charge is -2.33. The first-order valence-electron chi connectivity index (χ1n) is 11.9. The van der Waals surface area contributed by atoms with Crippen LogP contribution in [0, 0.1) is 11.8 Å². The van der Waals surface area contributed by atoms with Crippen molar-refractivity contribution in [3.8, 4) is 27.4 Å². The Hall–Kier alpha value is -2.41. The molecule has 0 unspecified atom stereocenters. The molecule has 1 aromatic carbocycles. The molecule has 5 nitrogen and oxygen atoms in total. The van der Waals surface area contributed by atoms with Gasteiger partial charge in [0.15, 0.2) is 0 Å². The first-order valence-corrected chi connectivity index (χ1v) is 13.2. The van der Waals surface area contributed by atoms with Crippen LogP contribution < -0.4 is 4.74 Å². The van der Waals surface area contributed by atoms with Gasteiger partial charge in [-0.25, -0.2) is 4.98 Å². The second-order valence-corrected chi connectivity index (χ2v) is 10.8. The quantitative estimate of drug-likeness (QED) is 0.444. The number of nitrogens with zero attached hydrogens (tertiary/aromatic N) is 2. The highest BCUT2D eigenvalue weighted by Gasteiger charge is 2.30. The Kier molecular flexibility index (Phi) is 6.91. The highest BCUT2D eigenvalue weighted by atomic mass is 35.5. The van der Waals surface area contributed by atoms with Gasteiger partial charge in [-0.15, -0.1) is 11.3 Å². The number of amides is 1. The third-order valence-electron chi connectivity index (χ3n) is 6.96. The molecule has 1 aliphatic heterocycles. The van der Waals surface area contributed by atoms with Crippen LogP contribution in [-0.4, -0.2) is 46.7 Å². The normalized spacial score (nSPS) is 20.7. The van der Waals surface area contributed by atoms with Crippen LogP contribution in [0.15, 0.2) is 48.0 Å². The van der Waals surface area contributed by atoms with Crippen LogP contribution in [0.2, 0.25) is 5.02 Å². The molecular formula is C27H29ClN2O3S. The molecule has 1 N–H and O–H groups in total. The Bertz CT molecular complexity index is 1170. The molecule has 3 heterocycles. The fourth-order valence-electron chi connectivity index (χ4n) is 4.62. The van der Waals surface area contributed by atoms with Crippen molar-refractivity contribution >= 4 is 28.8 Å². The molecular weight excluding hydrogens is 468 g/mol. The summed E-state index contributed by atoms with van der Waals surface area (Å²) in [4.78, 5) is 20.2. The Balaban J connectivity index is 1.29. The minimum Gasteiger partial charge on any atom is -0.474 e. The van der Waals surface area contributed by atoms with Crippen LogP contribution in [0.5, 0.6) is 5.88 Å². The van der Waals surface area contributed by atoms with Gasteiger partial charge in [-0.05, 0) is 78.3 Å². The molecule has 178 valence electrons. The number of thiophene rings is 1. The van der Waals surface area contributed by atoms with Crippen molar-refractivity contribution in [2.24, 2.45) is 11.8 Å². The van der Waals surface area contributed by atoms with E-state index >= 15 is 0 Å². The summed E-state index contributed by atoms with van der Waals surface area (Å²) in [5, 5.41) is 11.9. The van der Waals surface area contributed by atoms with E-state index in [1.165, 1.54) is 0 Å². The summed E-state index contributed by atoms with van der Waals surface area (Å²) in [5.41, 5.74) is 3.69. The number of hydrogen-bond acceptors (Lipinski definition) is 5. The number of halogens is 1. The van der Waals surface area contributed by atoms with Crippen LogP contribution in [0.25, 0.3) is 21.6 Å². The topological polar surface area (TPSA) is 62.7 Å². The van der Waals surface area contributed by atoms with Gasteiger partial charge in [0.25, 0.3) is 5.91 Å². The predicted molar refractivity (Wildman–Crippen MR) is 137 cm³/mol. The number of ether oxygens (including phenoxy) is 1. The standard InChI is InChI=1S/C27H29ClN2O3S/c1-17-5-8-30(9-6-17)27(32)20-2-3-23(24(28)12-20)25-13-21(16-34-25)19-4-7-29-26(14-19)33-22-10-18(11-22)15-31/h2-4,7,12-14,16-18,22,31H,5-6,8-11,15H2,1H3. The van der Waals surface area contributed by atoms with E-state index in [0.717, 1.165) is 60.3 Å². The highest BCUT2D eigenvalue weighted by molar-refractivity contribution is 7.14. The zero-order valence-electron chi connectivity index (χ0n) is 19.2. The SMILES string of the molecule is CC1CCN(C(=O)c2ccc(-c3cc(-c4ccnc(OC5CC(CO)C5)c4)cs3)c(Cl)c2)CC1. The number of aliphatic hydroxyl groups excluding tert-OH is 1. The van der Waals surface area contributed by atoms with E-state index in [1.807, 2.05) is 29.2 Å². The smallest absolute Gasteiger partial charge is 0.253 e. The zero-order chi connectivity index (χ0) is 23.7. The molecule has 0 atom stereocenters. The maximum atomic E-state index is 12.9. The molecule has 1 saturated heterocycles. The molecule has 2 aliphatic rings. The van der Waals surface area contributed by atoms with Crippen molar-refractivity contribution in [1.29, 1.82) is 0 Å². The van der Waals surface area contributed by atoms with E-state index in [1.54, 1.807) is 23.6 Å². The van der Waals surface area contributed by atoms with E-state index in [9.17, 15) is 9.90 Å². The van der Waals surface area contributed by atoms with Crippen molar-refractivity contribution in [1.82, 2.24) is 9.88 Å². The van der Waals surface area contributed by atoms with Crippen LogP contribution in [0.3, 0.4) is 0 Å². The van der Waals surface area contributed by atoms with Crippen LogP contribution in [0.1, 0.15) is 43.0 Å². The minimum atomic E-state index is 0.0632. The number of aliphatic hydroxyl groups is 1. The van der Waals surface area contributed by atoms with Crippen LogP contribution >= 0.6 is 22.9 Å². The van der Waals surface area contributed by atoms with Gasteiger partial charge in [-0.3, -0.25) is 4.79 Å². The van der Waals surface area contributed by atoms with Gasteiger partial charge in [0.1, 0.15) is 6.10 Å². The number of likely N-dealkylation sites (tertiary alicyclic amines) is 1. The van der Waals surface area contributed by atoms with Crippen LogP contribution in [-0.2, 0) is 0 Å². The van der Waals surface area contributed by atoms with Crippen molar-refractivity contribution < 1.29 is 14.6 Å². The molecule has 1 amide bonds. The zero-order valence-corrected chi connectivity index (χ0v) is 20.8. The first kappa shape index (κ1) is 23.3. The number of hydrogen-bond donors (Lipinski definition) is 1. The fourth-order valence-corrected chi connectivity index (χ4v) is 5.91. The Morgan fingerprint density at radius 3 is 2.71 bits per heavy atom. The number of piperidine rings is 1. The van der Waals surface area contributed by atoms with E-state index in [-0.39, 0.29) is 18.6 Å². The highest BCUT2D eigenvalue weighted by Crippen LogP contribution is 2.38. The van der Waals surface area contributed by atoms with Gasteiger partial charge < -0.3 is 14.7 Å². The van der Waals surface area contributed by atoms with Gasteiger partial charge in [-0.1, -0.05) is 24.6 Å². The maximum Gasteiger partial charge on any atom is 0.253 e. The van der Waals surface area contributed by atoms with Gasteiger partial charge in [0.05, 0.1) is 5.02 Å². The summed E-state index contributed by atoms with van der Waals surface area (Å²) in [6.45, 7) is 4.09. The monoisotopic (exact) mass is 496 g/mol. The molecule has 0 spiro atoms. The lowest BCUT2D eigenvalue weighted by Crippen LogP contribution is -2.37. The first-order chi connectivity index (χ1) is 16.5. The lowest BCUT2D eigenvalue weighted by molar-refractivity contribution is 0.0296. The molecule has 5 rings (SSSR count). The third kappa shape index (κ3) is 4.99. The largest absolute Gasteiger partial charge is 0.474 e. The van der Waals surface area contributed by atoms with E-state index in [0.29, 0.717) is 28.3 Å². The maximum absolute atomic E-state index is 12.9. The number of carbonyl (C=O) groups excluding carboxylic acids is 1. The number of benzene rings is 1. The van der Waals surface area contributed by atoms with Crippen molar-refractivity contribution in [3.05, 3.63) is 58.6 Å². The lowest BCUT2D eigenvalue weighted by atomic mass is 9.83. The van der Waals surface area contributed by atoms with Crippen LogP contribution in [0.4, 0.5) is 0 Å². The number of rotatable bonds is 6. The molecule has 1 aliphatic carbocycles. The van der Waals surface area contributed by atoms with Crippen molar-refractivity contribution in [2.75, 3.05) is 19.7 Å². The van der Waals surface area contributed by atoms with Gasteiger partial charge in [-0.2, -0.15) is 0 Å². The summed E-state index contributed by atoms with van der Waals surface area (Å²) < 4.78 is 5.97. The average Bonchev–Trinajstić information content (AvgIpc) is 3.31. The summed E-state index contributed by atoms with van der Waals surface area (Å²) in [5.74, 6) is 1.71. The summed E-state index contributed by atoms with van der Waals surface area (Å²) >= 11 is 8.27. The second-order valence-electron chi connectivity index (χ2n) is 9.51. The molecule has 34 heavy (non-hydrogen) atoms. The number of pyridine rings is 1. The van der Waals surface area contributed by atoms with E-state index in [2.05, 4.69) is 23.4 Å². The van der Waals surface area contributed by atoms with Crippen molar-refractivity contribution in [2.45, 2.75) is 38.7 Å². The van der Waals surface area contributed by atoms with Crippen molar-refractivity contribution in [3.63, 3.8) is 0 Å². The number of aromatic nitrogens is 1. The predicted octanol–water partition coefficient (Wildman–Crippen LogP) is 6.15. The summed E-state index contributed by atoms with van der Waals surface area (Å²) in [7, 11) is 0. The molecule has 0 radical (unpaired) electrons. The minimum absolute atomic E-state index is 0.0632. The Morgan fingerprint density at radius 1 is 1.18 bits per heavy atom. The second kappa shape index (κ2) is 10.1. The Labute approximate surface area is 209 Å². The van der Waals surface area contributed by atoms with Gasteiger partial charge in [0, 0.05) is 48.0 Å². The van der Waals surface area contributed by atoms with Gasteiger partial charge in [0.2, 0.25) is 5.88 Å². The van der Waals surface area contributed by atoms with Gasteiger partial charge >= 0.3 is 0 Å². The molecule has 0 bridgehead atoms. The van der Waals surface area contributed by atoms with E-state index in [4.69, 9.17) is 16.3 Å². The Morgan fingerprint density at radius 2 is 1.97 bits per heavy atom. The van der Waals surface area contributed by atoms with E-state index < -0.39 is 0 Å². The molecule has 3 aromatic rings. The molecule has 7 heteroatoms. The molecule has 1 saturated carbocycles. The third-order valence-corrected chi connectivity index (χ3v) is 8.23. The molecule has 2 aromatic heterocycles. The molecule has 2 fully saturated rings. The summed E-state index contributed by atoms with van der Waals surface area (Å²) in [6.07, 6.45) is 5.75. The summed E-state index contributed by atoms with van der Waals surface area (Å²) in [6, 6.07) is 11.7. The average molecular weight is 497 g/mol.